The summed E-state index contributed by atoms with van der Waals surface area (Å²) in [4.78, 5) is 4.08. The number of aliphatic hydroxyl groups is 1. The topological polar surface area (TPSA) is 33.1 Å². The quantitative estimate of drug-likeness (QED) is 0.919. The van der Waals surface area contributed by atoms with Crippen molar-refractivity contribution in [2.24, 2.45) is 11.8 Å². The van der Waals surface area contributed by atoms with Crippen LogP contribution in [0.15, 0.2) is 11.6 Å². The smallest absolute Gasteiger partial charge is 0.391 e. The maximum Gasteiger partial charge on any atom is 0.391 e. The number of aliphatic hydroxyl groups excluding tert-OH is 1. The standard InChI is InChI=1S/C12H16F3NOS/c13-12(14,15)9-3-1-8(2-4-9)10(17)7-11-16-5-6-18-11/h5-6,8-10,17H,1-4,7H2. The number of halogens is 3. The van der Waals surface area contributed by atoms with Gasteiger partial charge < -0.3 is 5.11 Å². The predicted octanol–water partition coefficient (Wildman–Crippen LogP) is 3.42. The lowest BCUT2D eigenvalue weighted by atomic mass is 9.78. The first-order chi connectivity index (χ1) is 8.47. The Hall–Kier alpha value is -0.620. The summed E-state index contributed by atoms with van der Waals surface area (Å²) >= 11 is 1.47. The van der Waals surface area contributed by atoms with Gasteiger partial charge in [0.1, 0.15) is 0 Å². The molecular weight excluding hydrogens is 263 g/mol. The molecule has 18 heavy (non-hydrogen) atoms. The maximum absolute atomic E-state index is 12.5. The summed E-state index contributed by atoms with van der Waals surface area (Å²) < 4.78 is 37.5. The Morgan fingerprint density at radius 1 is 1.33 bits per heavy atom. The molecule has 1 heterocycles. The Kier molecular flexibility index (Phi) is 4.27. The Bertz CT molecular complexity index is 358. The summed E-state index contributed by atoms with van der Waals surface area (Å²) in [6, 6.07) is 0. The molecule has 0 aromatic carbocycles. The van der Waals surface area contributed by atoms with Gasteiger partial charge in [0.25, 0.3) is 0 Å². The summed E-state index contributed by atoms with van der Waals surface area (Å²) in [7, 11) is 0. The molecule has 0 aliphatic heterocycles. The third-order valence-corrected chi connectivity index (χ3v) is 4.45. The fourth-order valence-corrected chi connectivity index (χ4v) is 3.20. The summed E-state index contributed by atoms with van der Waals surface area (Å²) in [5.74, 6) is -1.20. The van der Waals surface area contributed by atoms with Crippen LogP contribution >= 0.6 is 11.3 Å². The van der Waals surface area contributed by atoms with Gasteiger partial charge in [0.05, 0.1) is 17.0 Å². The van der Waals surface area contributed by atoms with Crippen molar-refractivity contribution in [3.8, 4) is 0 Å². The molecule has 2 nitrogen and oxygen atoms in total. The molecule has 1 N–H and O–H groups in total. The van der Waals surface area contributed by atoms with Gasteiger partial charge in [-0.2, -0.15) is 13.2 Å². The largest absolute Gasteiger partial charge is 0.392 e. The molecule has 0 amide bonds. The number of aromatic nitrogens is 1. The Morgan fingerprint density at radius 2 is 2.00 bits per heavy atom. The summed E-state index contributed by atoms with van der Waals surface area (Å²) in [5, 5.41) is 12.7. The van der Waals surface area contributed by atoms with Gasteiger partial charge in [-0.25, -0.2) is 4.98 Å². The average Bonchev–Trinajstić information content (AvgIpc) is 2.81. The van der Waals surface area contributed by atoms with Crippen molar-refractivity contribution in [2.45, 2.75) is 44.4 Å². The van der Waals surface area contributed by atoms with Gasteiger partial charge in [0, 0.05) is 18.0 Å². The van der Waals surface area contributed by atoms with E-state index in [1.54, 1.807) is 6.20 Å². The summed E-state index contributed by atoms with van der Waals surface area (Å²) in [5.41, 5.74) is 0. The molecular formula is C12H16F3NOS. The van der Waals surface area contributed by atoms with Crippen molar-refractivity contribution >= 4 is 11.3 Å². The van der Waals surface area contributed by atoms with Crippen molar-refractivity contribution in [1.82, 2.24) is 4.98 Å². The zero-order valence-electron chi connectivity index (χ0n) is 9.86. The number of rotatable bonds is 3. The van der Waals surface area contributed by atoms with Crippen LogP contribution in [0.1, 0.15) is 30.7 Å². The van der Waals surface area contributed by atoms with Crippen molar-refractivity contribution in [1.29, 1.82) is 0 Å². The van der Waals surface area contributed by atoms with Crippen LogP contribution in [0.25, 0.3) is 0 Å². The normalized spacial score (nSPS) is 27.1. The highest BCUT2D eigenvalue weighted by molar-refractivity contribution is 7.09. The van der Waals surface area contributed by atoms with Crippen LogP contribution < -0.4 is 0 Å². The van der Waals surface area contributed by atoms with Gasteiger partial charge in [-0.3, -0.25) is 0 Å². The molecule has 1 aliphatic carbocycles. The first kappa shape index (κ1) is 13.8. The minimum atomic E-state index is -4.08. The molecule has 2 rings (SSSR count). The molecule has 1 atom stereocenters. The van der Waals surface area contributed by atoms with E-state index >= 15 is 0 Å². The highest BCUT2D eigenvalue weighted by Crippen LogP contribution is 2.40. The number of nitrogens with zero attached hydrogens (tertiary/aromatic N) is 1. The fourth-order valence-electron chi connectivity index (χ4n) is 2.53. The van der Waals surface area contributed by atoms with Crippen molar-refractivity contribution in [3.63, 3.8) is 0 Å². The number of hydrogen-bond acceptors (Lipinski definition) is 3. The van der Waals surface area contributed by atoms with E-state index in [2.05, 4.69) is 4.98 Å². The SMILES string of the molecule is OC(Cc1nccs1)C1CCC(C(F)(F)F)CC1. The van der Waals surface area contributed by atoms with Gasteiger partial charge in [0.2, 0.25) is 0 Å². The van der Waals surface area contributed by atoms with E-state index in [1.165, 1.54) is 11.3 Å². The highest BCUT2D eigenvalue weighted by atomic mass is 32.1. The molecule has 102 valence electrons. The van der Waals surface area contributed by atoms with Crippen LogP contribution in [0.5, 0.6) is 0 Å². The van der Waals surface area contributed by atoms with Crippen molar-refractivity contribution in [2.75, 3.05) is 0 Å². The molecule has 0 saturated heterocycles. The van der Waals surface area contributed by atoms with E-state index in [0.717, 1.165) is 5.01 Å². The van der Waals surface area contributed by atoms with Crippen LogP contribution in [0.2, 0.25) is 0 Å². The molecule has 1 saturated carbocycles. The van der Waals surface area contributed by atoms with E-state index in [9.17, 15) is 18.3 Å². The Balaban J connectivity index is 1.82. The van der Waals surface area contributed by atoms with E-state index in [4.69, 9.17) is 0 Å². The highest BCUT2D eigenvalue weighted by Gasteiger charge is 2.42. The first-order valence-corrected chi connectivity index (χ1v) is 6.98. The zero-order chi connectivity index (χ0) is 13.2. The van der Waals surface area contributed by atoms with Gasteiger partial charge in [0.15, 0.2) is 0 Å². The minimum absolute atomic E-state index is 0.0208. The molecule has 0 spiro atoms. The van der Waals surface area contributed by atoms with Gasteiger partial charge in [-0.1, -0.05) is 0 Å². The van der Waals surface area contributed by atoms with Crippen LogP contribution in [-0.2, 0) is 6.42 Å². The van der Waals surface area contributed by atoms with E-state index in [0.29, 0.717) is 19.3 Å². The second-order valence-corrected chi connectivity index (χ2v) is 5.83. The number of thiazole rings is 1. The van der Waals surface area contributed by atoms with E-state index in [-0.39, 0.29) is 18.8 Å². The zero-order valence-corrected chi connectivity index (χ0v) is 10.7. The molecule has 0 bridgehead atoms. The number of alkyl halides is 3. The predicted molar refractivity (Wildman–Crippen MR) is 63.3 cm³/mol. The van der Waals surface area contributed by atoms with Crippen LogP contribution in [-0.4, -0.2) is 22.4 Å². The summed E-state index contributed by atoms with van der Waals surface area (Å²) in [6.45, 7) is 0. The minimum Gasteiger partial charge on any atom is -0.392 e. The third kappa shape index (κ3) is 3.45. The fraction of sp³-hybridized carbons (Fsp3) is 0.750. The number of hydrogen-bond donors (Lipinski definition) is 1. The van der Waals surface area contributed by atoms with Crippen molar-refractivity contribution in [3.05, 3.63) is 16.6 Å². The maximum atomic E-state index is 12.5. The molecule has 1 aromatic heterocycles. The van der Waals surface area contributed by atoms with Crippen LogP contribution in [0, 0.1) is 11.8 Å². The molecule has 1 aromatic rings. The lowest BCUT2D eigenvalue weighted by Gasteiger charge is -2.32. The lowest BCUT2D eigenvalue weighted by Crippen LogP contribution is -2.32. The molecule has 1 unspecified atom stereocenters. The van der Waals surface area contributed by atoms with Crippen LogP contribution in [0.3, 0.4) is 0 Å². The second-order valence-electron chi connectivity index (χ2n) is 4.85. The Labute approximate surface area is 108 Å². The Morgan fingerprint density at radius 3 is 2.50 bits per heavy atom. The average molecular weight is 279 g/mol. The summed E-state index contributed by atoms with van der Waals surface area (Å²) in [6.07, 6.45) is -1.32. The first-order valence-electron chi connectivity index (χ1n) is 6.10. The van der Waals surface area contributed by atoms with Crippen LogP contribution in [0.4, 0.5) is 13.2 Å². The molecule has 0 radical (unpaired) electrons. The van der Waals surface area contributed by atoms with Crippen molar-refractivity contribution < 1.29 is 18.3 Å². The lowest BCUT2D eigenvalue weighted by molar-refractivity contribution is -0.185. The molecule has 1 fully saturated rings. The van der Waals surface area contributed by atoms with E-state index in [1.807, 2.05) is 5.38 Å². The molecule has 1 aliphatic rings. The monoisotopic (exact) mass is 279 g/mol. The third-order valence-electron chi connectivity index (χ3n) is 3.65. The molecule has 6 heteroatoms. The van der Waals surface area contributed by atoms with Gasteiger partial charge in [-0.05, 0) is 31.6 Å². The van der Waals surface area contributed by atoms with Gasteiger partial charge in [-0.15, -0.1) is 11.3 Å². The second kappa shape index (κ2) is 5.57. The van der Waals surface area contributed by atoms with Gasteiger partial charge >= 0.3 is 6.18 Å². The van der Waals surface area contributed by atoms with E-state index < -0.39 is 18.2 Å².